The quantitative estimate of drug-likeness (QED) is 0.848. The normalized spacial score (nSPS) is 35.9. The maximum absolute atomic E-state index is 12.7. The van der Waals surface area contributed by atoms with Crippen LogP contribution in [0.5, 0.6) is 0 Å². The van der Waals surface area contributed by atoms with E-state index in [1.807, 2.05) is 0 Å². The van der Waals surface area contributed by atoms with Crippen LogP contribution in [0.1, 0.15) is 64.7 Å². The van der Waals surface area contributed by atoms with Crippen molar-refractivity contribution >= 4 is 5.91 Å². The summed E-state index contributed by atoms with van der Waals surface area (Å²) in [5.74, 6) is 1.14. The van der Waals surface area contributed by atoms with Crippen LogP contribution < -0.4 is 5.32 Å². The Morgan fingerprint density at radius 2 is 1.84 bits per heavy atom. The summed E-state index contributed by atoms with van der Waals surface area (Å²) in [6.07, 6.45) is 11.8. The van der Waals surface area contributed by atoms with E-state index in [2.05, 4.69) is 17.1 Å². The Hall–Kier alpha value is -0.570. The van der Waals surface area contributed by atoms with Gasteiger partial charge in [-0.15, -0.1) is 0 Å². The highest BCUT2D eigenvalue weighted by Gasteiger charge is 2.61. The number of carbonyl (C=O) groups is 1. The van der Waals surface area contributed by atoms with E-state index >= 15 is 0 Å². The van der Waals surface area contributed by atoms with Crippen molar-refractivity contribution in [1.29, 1.82) is 0 Å². The molecule has 0 aromatic heterocycles. The van der Waals surface area contributed by atoms with Crippen LogP contribution >= 0.6 is 0 Å². The van der Waals surface area contributed by atoms with Crippen molar-refractivity contribution in [2.45, 2.75) is 76.4 Å². The lowest BCUT2D eigenvalue weighted by Crippen LogP contribution is -2.48. The summed E-state index contributed by atoms with van der Waals surface area (Å²) in [5.41, 5.74) is 0.294. The summed E-state index contributed by atoms with van der Waals surface area (Å²) in [4.78, 5) is 15.0. The number of amides is 1. The molecule has 1 aliphatic heterocycles. The lowest BCUT2D eigenvalue weighted by Gasteiger charge is -2.43. The fraction of sp³-hybridized carbons (Fsp3) is 0.938. The second-order valence-electron chi connectivity index (χ2n) is 7.81. The molecule has 0 radical (unpaired) electrons. The second-order valence-corrected chi connectivity index (χ2v) is 7.81. The van der Waals surface area contributed by atoms with Crippen LogP contribution in [0, 0.1) is 11.3 Å². The van der Waals surface area contributed by atoms with E-state index in [-0.39, 0.29) is 5.54 Å². The first kappa shape index (κ1) is 12.2. The summed E-state index contributed by atoms with van der Waals surface area (Å²) in [6.45, 7) is 3.37. The van der Waals surface area contributed by atoms with Crippen molar-refractivity contribution in [3.05, 3.63) is 0 Å². The minimum Gasteiger partial charge on any atom is -0.325 e. The maximum Gasteiger partial charge on any atom is 0.244 e. The minimum absolute atomic E-state index is 0.118. The van der Waals surface area contributed by atoms with Crippen molar-refractivity contribution in [2.75, 3.05) is 6.54 Å². The molecule has 0 aromatic rings. The third kappa shape index (κ3) is 1.84. The van der Waals surface area contributed by atoms with Crippen LogP contribution in [-0.2, 0) is 4.79 Å². The van der Waals surface area contributed by atoms with E-state index in [0.717, 1.165) is 19.4 Å². The molecule has 3 heteroatoms. The van der Waals surface area contributed by atoms with Crippen molar-refractivity contribution in [1.82, 2.24) is 10.2 Å². The van der Waals surface area contributed by atoms with Crippen LogP contribution in [0.15, 0.2) is 0 Å². The fourth-order valence-electron chi connectivity index (χ4n) is 4.47. The highest BCUT2D eigenvalue weighted by molar-refractivity contribution is 5.91. The van der Waals surface area contributed by atoms with Gasteiger partial charge in [-0.1, -0.05) is 26.2 Å². The van der Waals surface area contributed by atoms with Crippen LogP contribution in [0.25, 0.3) is 0 Å². The Balaban J connectivity index is 1.55. The topological polar surface area (TPSA) is 32.3 Å². The van der Waals surface area contributed by atoms with E-state index in [1.165, 1.54) is 44.9 Å². The molecule has 1 heterocycles. The largest absolute Gasteiger partial charge is 0.325 e. The molecule has 1 unspecified atom stereocenters. The Morgan fingerprint density at radius 3 is 2.37 bits per heavy atom. The summed E-state index contributed by atoms with van der Waals surface area (Å²) in [7, 11) is 0. The van der Waals surface area contributed by atoms with E-state index in [1.54, 1.807) is 0 Å². The van der Waals surface area contributed by atoms with Gasteiger partial charge >= 0.3 is 0 Å². The Kier molecular flexibility index (Phi) is 2.55. The number of nitrogens with one attached hydrogen (secondary N) is 1. The van der Waals surface area contributed by atoms with E-state index in [4.69, 9.17) is 0 Å². The van der Waals surface area contributed by atoms with Crippen molar-refractivity contribution in [3.8, 4) is 0 Å². The Bertz CT molecular complexity index is 392. The zero-order chi connectivity index (χ0) is 13.1. The predicted octanol–water partition coefficient (Wildman–Crippen LogP) is 2.66. The molecule has 3 aliphatic carbocycles. The third-order valence-corrected chi connectivity index (χ3v) is 6.14. The molecule has 4 fully saturated rings. The van der Waals surface area contributed by atoms with Gasteiger partial charge in [0, 0.05) is 6.54 Å². The molecule has 4 aliphatic rings. The molecular formula is C16H26N2O. The Morgan fingerprint density at radius 1 is 1.16 bits per heavy atom. The third-order valence-electron chi connectivity index (χ3n) is 6.14. The molecule has 106 valence electrons. The van der Waals surface area contributed by atoms with Gasteiger partial charge in [0.05, 0.1) is 11.7 Å². The minimum atomic E-state index is -0.118. The van der Waals surface area contributed by atoms with Gasteiger partial charge in [-0.2, -0.15) is 0 Å². The summed E-state index contributed by atoms with van der Waals surface area (Å²) < 4.78 is 0. The summed E-state index contributed by atoms with van der Waals surface area (Å²) in [5, 5.41) is 3.73. The summed E-state index contributed by atoms with van der Waals surface area (Å²) in [6, 6.07) is 0. The van der Waals surface area contributed by atoms with E-state index < -0.39 is 0 Å². The monoisotopic (exact) mass is 262 g/mol. The molecular weight excluding hydrogens is 236 g/mol. The molecule has 1 N–H and O–H groups in total. The van der Waals surface area contributed by atoms with Gasteiger partial charge < -0.3 is 4.90 Å². The average Bonchev–Trinajstić information content (AvgIpc) is 2.84. The molecule has 3 saturated carbocycles. The zero-order valence-corrected chi connectivity index (χ0v) is 12.1. The molecule has 0 aromatic carbocycles. The molecule has 3 nitrogen and oxygen atoms in total. The standard InChI is InChI=1S/C16H26N2O/c1-15(7-4-8-15)11-18-13(12-5-2-3-6-12)17-16(9-10-16)14(18)19/h12-13,17H,2-11H2,1H3. The van der Waals surface area contributed by atoms with E-state index in [9.17, 15) is 4.79 Å². The van der Waals surface area contributed by atoms with Gasteiger partial charge in [0.1, 0.15) is 0 Å². The molecule has 1 atom stereocenters. The first-order valence-electron chi connectivity index (χ1n) is 8.21. The summed E-state index contributed by atoms with van der Waals surface area (Å²) >= 11 is 0. The lowest BCUT2D eigenvalue weighted by molar-refractivity contribution is -0.133. The van der Waals surface area contributed by atoms with Crippen LogP contribution in [-0.4, -0.2) is 29.1 Å². The SMILES string of the molecule is CC1(CN2C(=O)C3(CC3)NC2C2CCCC2)CCC1. The van der Waals surface area contributed by atoms with Crippen LogP contribution in [0.2, 0.25) is 0 Å². The first-order valence-corrected chi connectivity index (χ1v) is 8.21. The number of hydrogen-bond acceptors (Lipinski definition) is 2. The van der Waals surface area contributed by atoms with Gasteiger partial charge in [-0.3, -0.25) is 10.1 Å². The second kappa shape index (κ2) is 3.97. The van der Waals surface area contributed by atoms with Gasteiger partial charge in [-0.25, -0.2) is 0 Å². The first-order chi connectivity index (χ1) is 9.12. The molecule has 19 heavy (non-hydrogen) atoms. The van der Waals surface area contributed by atoms with E-state index in [0.29, 0.717) is 23.4 Å². The highest BCUT2D eigenvalue weighted by atomic mass is 16.2. The number of carbonyl (C=O) groups excluding carboxylic acids is 1. The van der Waals surface area contributed by atoms with Gasteiger partial charge in [0.2, 0.25) is 5.91 Å². The number of hydrogen-bond donors (Lipinski definition) is 1. The highest BCUT2D eigenvalue weighted by Crippen LogP contribution is 2.48. The molecule has 1 amide bonds. The molecule has 1 spiro atoms. The van der Waals surface area contributed by atoms with Crippen molar-refractivity contribution in [3.63, 3.8) is 0 Å². The average molecular weight is 262 g/mol. The lowest BCUT2D eigenvalue weighted by atomic mass is 9.70. The number of nitrogens with zero attached hydrogens (tertiary/aromatic N) is 1. The zero-order valence-electron chi connectivity index (χ0n) is 12.1. The van der Waals surface area contributed by atoms with Gasteiger partial charge in [0.25, 0.3) is 0 Å². The molecule has 1 saturated heterocycles. The molecule has 4 rings (SSSR count). The van der Waals surface area contributed by atoms with Crippen molar-refractivity contribution in [2.24, 2.45) is 11.3 Å². The fourth-order valence-corrected chi connectivity index (χ4v) is 4.47. The Labute approximate surface area is 116 Å². The van der Waals surface area contributed by atoms with Crippen LogP contribution in [0.3, 0.4) is 0 Å². The number of rotatable bonds is 3. The maximum atomic E-state index is 12.7. The van der Waals surface area contributed by atoms with Crippen LogP contribution in [0.4, 0.5) is 0 Å². The van der Waals surface area contributed by atoms with Gasteiger partial charge in [-0.05, 0) is 49.9 Å². The molecule has 0 bridgehead atoms. The van der Waals surface area contributed by atoms with Gasteiger partial charge in [0.15, 0.2) is 0 Å². The predicted molar refractivity (Wildman–Crippen MR) is 74.5 cm³/mol. The smallest absolute Gasteiger partial charge is 0.244 e. The van der Waals surface area contributed by atoms with Crippen molar-refractivity contribution < 1.29 is 4.79 Å².